The van der Waals surface area contributed by atoms with Crippen LogP contribution in [0.15, 0.2) is 18.3 Å². The monoisotopic (exact) mass is 355 g/mol. The highest BCUT2D eigenvalue weighted by Gasteiger charge is 2.26. The van der Waals surface area contributed by atoms with Crippen molar-refractivity contribution in [1.82, 2.24) is 25.1 Å². The van der Waals surface area contributed by atoms with Crippen LogP contribution in [0.4, 0.5) is 0 Å². The largest absolute Gasteiger partial charge is 0.342 e. The lowest BCUT2D eigenvalue weighted by atomic mass is 9.94. The molecule has 3 aromatic rings. The fraction of sp³-hybridized carbons (Fsp3) is 0.444. The highest BCUT2D eigenvalue weighted by Crippen LogP contribution is 2.28. The normalized spacial score (nSPS) is 18.0. The first kappa shape index (κ1) is 16.2. The van der Waals surface area contributed by atoms with Gasteiger partial charge in [0.2, 0.25) is 5.91 Å². The van der Waals surface area contributed by atoms with E-state index < -0.39 is 0 Å². The zero-order valence-corrected chi connectivity index (χ0v) is 15.3. The molecule has 6 nitrogen and oxygen atoms in total. The summed E-state index contributed by atoms with van der Waals surface area (Å²) in [4.78, 5) is 24.9. The maximum Gasteiger partial charge on any atom is 0.227 e. The predicted molar refractivity (Wildman–Crippen MR) is 97.7 cm³/mol. The third-order valence-electron chi connectivity index (χ3n) is 4.83. The smallest absolute Gasteiger partial charge is 0.227 e. The summed E-state index contributed by atoms with van der Waals surface area (Å²) in [5.74, 6) is 0.480. The van der Waals surface area contributed by atoms with E-state index in [0.717, 1.165) is 58.2 Å². The Bertz CT molecular complexity index is 915. The van der Waals surface area contributed by atoms with E-state index in [-0.39, 0.29) is 11.8 Å². The summed E-state index contributed by atoms with van der Waals surface area (Å²) in [5.41, 5.74) is 2.84. The van der Waals surface area contributed by atoms with E-state index in [2.05, 4.69) is 21.2 Å². The van der Waals surface area contributed by atoms with E-state index in [0.29, 0.717) is 6.42 Å². The van der Waals surface area contributed by atoms with Crippen molar-refractivity contribution in [2.75, 3.05) is 13.1 Å². The number of nitrogens with one attached hydrogen (secondary N) is 1. The lowest BCUT2D eigenvalue weighted by Crippen LogP contribution is -2.40. The van der Waals surface area contributed by atoms with Crippen LogP contribution in [0.3, 0.4) is 0 Å². The number of hydrogen-bond donors (Lipinski definition) is 1. The molecule has 0 aliphatic carbocycles. The van der Waals surface area contributed by atoms with Crippen LogP contribution in [0, 0.1) is 13.8 Å². The van der Waals surface area contributed by atoms with Crippen molar-refractivity contribution < 1.29 is 4.79 Å². The molecular formula is C18H21N5OS. The Kier molecular flexibility index (Phi) is 4.25. The van der Waals surface area contributed by atoms with Gasteiger partial charge in [0.15, 0.2) is 5.65 Å². The molecule has 130 valence electrons. The van der Waals surface area contributed by atoms with Gasteiger partial charge in [-0.05, 0) is 38.8 Å². The van der Waals surface area contributed by atoms with Gasteiger partial charge in [-0.2, -0.15) is 5.10 Å². The van der Waals surface area contributed by atoms with Crippen LogP contribution in [0.5, 0.6) is 0 Å². The molecule has 0 aromatic carbocycles. The lowest BCUT2D eigenvalue weighted by molar-refractivity contribution is -0.131. The van der Waals surface area contributed by atoms with E-state index in [1.807, 2.05) is 24.8 Å². The SMILES string of the molecule is Cc1nc(C)c(CC(=O)N2CCCC(c3ccc4cn[nH]c4n3)C2)s1. The molecule has 1 aliphatic rings. The quantitative estimate of drug-likeness (QED) is 0.784. The van der Waals surface area contributed by atoms with E-state index in [9.17, 15) is 4.79 Å². The van der Waals surface area contributed by atoms with Gasteiger partial charge in [-0.3, -0.25) is 9.89 Å². The Labute approximate surface area is 150 Å². The molecule has 0 saturated carbocycles. The van der Waals surface area contributed by atoms with Gasteiger partial charge in [0.05, 0.1) is 23.3 Å². The average Bonchev–Trinajstić information content (AvgIpc) is 3.20. The number of fused-ring (bicyclic) bond motifs is 1. The Hall–Kier alpha value is -2.28. The number of carbonyl (C=O) groups excluding carboxylic acids is 1. The first-order chi connectivity index (χ1) is 12.1. The summed E-state index contributed by atoms with van der Waals surface area (Å²) in [6.07, 6.45) is 4.31. The number of aromatic amines is 1. The Morgan fingerprint density at radius 1 is 1.36 bits per heavy atom. The summed E-state index contributed by atoms with van der Waals surface area (Å²) < 4.78 is 0. The van der Waals surface area contributed by atoms with Gasteiger partial charge in [-0.25, -0.2) is 9.97 Å². The molecule has 4 rings (SSSR count). The average molecular weight is 355 g/mol. The molecule has 7 heteroatoms. The molecule has 4 heterocycles. The Balaban J connectivity index is 1.48. The molecule has 1 unspecified atom stereocenters. The molecule has 0 radical (unpaired) electrons. The topological polar surface area (TPSA) is 74.8 Å². The maximum absolute atomic E-state index is 12.7. The number of piperidine rings is 1. The number of rotatable bonds is 3. The van der Waals surface area contributed by atoms with Crippen molar-refractivity contribution in [3.05, 3.63) is 39.6 Å². The van der Waals surface area contributed by atoms with Crippen LogP contribution in [-0.2, 0) is 11.2 Å². The summed E-state index contributed by atoms with van der Waals surface area (Å²) in [6.45, 7) is 5.54. The van der Waals surface area contributed by atoms with Crippen LogP contribution < -0.4 is 0 Å². The number of amides is 1. The number of pyridine rings is 1. The van der Waals surface area contributed by atoms with Crippen LogP contribution in [-0.4, -0.2) is 44.1 Å². The summed E-state index contributed by atoms with van der Waals surface area (Å²) >= 11 is 1.62. The number of thiazole rings is 1. The van der Waals surface area contributed by atoms with Gasteiger partial charge < -0.3 is 4.90 Å². The second-order valence-electron chi connectivity index (χ2n) is 6.64. The van der Waals surface area contributed by atoms with Gasteiger partial charge >= 0.3 is 0 Å². The highest BCUT2D eigenvalue weighted by molar-refractivity contribution is 7.11. The van der Waals surface area contributed by atoms with Crippen molar-refractivity contribution in [2.24, 2.45) is 0 Å². The van der Waals surface area contributed by atoms with E-state index in [1.54, 1.807) is 17.5 Å². The third-order valence-corrected chi connectivity index (χ3v) is 5.90. The minimum Gasteiger partial charge on any atom is -0.342 e. The Morgan fingerprint density at radius 2 is 2.24 bits per heavy atom. The molecule has 1 aliphatic heterocycles. The number of likely N-dealkylation sites (tertiary alicyclic amines) is 1. The molecule has 0 bridgehead atoms. The first-order valence-electron chi connectivity index (χ1n) is 8.61. The van der Waals surface area contributed by atoms with Gasteiger partial charge in [0.1, 0.15) is 0 Å². The third kappa shape index (κ3) is 3.28. The van der Waals surface area contributed by atoms with Gasteiger partial charge in [-0.15, -0.1) is 11.3 Å². The molecule has 3 aromatic heterocycles. The number of H-pyrrole nitrogens is 1. The van der Waals surface area contributed by atoms with Crippen LogP contribution in [0.25, 0.3) is 11.0 Å². The maximum atomic E-state index is 12.7. The molecule has 0 spiro atoms. The second kappa shape index (κ2) is 6.55. The predicted octanol–water partition coefficient (Wildman–Crippen LogP) is 2.98. The Morgan fingerprint density at radius 3 is 3.04 bits per heavy atom. The molecule has 1 fully saturated rings. The number of hydrogen-bond acceptors (Lipinski definition) is 5. The first-order valence-corrected chi connectivity index (χ1v) is 9.42. The minimum absolute atomic E-state index is 0.194. The number of nitrogens with zero attached hydrogens (tertiary/aromatic N) is 4. The van der Waals surface area contributed by atoms with Crippen molar-refractivity contribution in [1.29, 1.82) is 0 Å². The molecule has 1 N–H and O–H groups in total. The van der Waals surface area contributed by atoms with Crippen molar-refractivity contribution in [3.63, 3.8) is 0 Å². The number of aromatic nitrogens is 4. The minimum atomic E-state index is 0.194. The number of aryl methyl sites for hydroxylation is 2. The van der Waals surface area contributed by atoms with Crippen molar-refractivity contribution in [3.8, 4) is 0 Å². The molecule has 1 saturated heterocycles. The van der Waals surface area contributed by atoms with Crippen LogP contribution in [0.2, 0.25) is 0 Å². The summed E-state index contributed by atoms with van der Waals surface area (Å²) in [7, 11) is 0. The molecular weight excluding hydrogens is 334 g/mol. The fourth-order valence-electron chi connectivity index (χ4n) is 3.50. The van der Waals surface area contributed by atoms with Gasteiger partial charge in [0, 0.05) is 35.0 Å². The molecule has 1 amide bonds. The lowest BCUT2D eigenvalue weighted by Gasteiger charge is -2.32. The van der Waals surface area contributed by atoms with Gasteiger partial charge in [-0.1, -0.05) is 0 Å². The van der Waals surface area contributed by atoms with Crippen molar-refractivity contribution in [2.45, 2.75) is 39.0 Å². The fourth-order valence-corrected chi connectivity index (χ4v) is 4.43. The second-order valence-corrected chi connectivity index (χ2v) is 7.93. The zero-order valence-electron chi connectivity index (χ0n) is 14.5. The zero-order chi connectivity index (χ0) is 17.4. The van der Waals surface area contributed by atoms with Crippen LogP contribution >= 0.6 is 11.3 Å². The van der Waals surface area contributed by atoms with E-state index in [1.165, 1.54) is 0 Å². The van der Waals surface area contributed by atoms with E-state index >= 15 is 0 Å². The van der Waals surface area contributed by atoms with Crippen molar-refractivity contribution >= 4 is 28.3 Å². The van der Waals surface area contributed by atoms with Crippen LogP contribution in [0.1, 0.15) is 40.0 Å². The standard InChI is InChI=1S/C18H21N5OS/c1-11-16(25-12(2)20-11)8-17(24)23-7-3-4-14(10-23)15-6-5-13-9-19-22-18(13)21-15/h5-6,9,14H,3-4,7-8,10H2,1-2H3,(H,19,21,22). The number of carbonyl (C=O) groups is 1. The highest BCUT2D eigenvalue weighted by atomic mass is 32.1. The molecule has 25 heavy (non-hydrogen) atoms. The summed E-state index contributed by atoms with van der Waals surface area (Å²) in [6, 6.07) is 4.11. The van der Waals surface area contributed by atoms with Gasteiger partial charge in [0.25, 0.3) is 0 Å². The molecule has 1 atom stereocenters. The van der Waals surface area contributed by atoms with E-state index in [4.69, 9.17) is 4.98 Å². The summed E-state index contributed by atoms with van der Waals surface area (Å²) in [5, 5.41) is 9.00.